The molecule has 2 heterocycles. The van der Waals surface area contributed by atoms with Crippen LogP contribution >= 0.6 is 11.6 Å². The number of halogens is 1. The molecule has 0 aliphatic heterocycles. The van der Waals surface area contributed by atoms with Crippen LogP contribution in [0, 0.1) is 13.8 Å². The molecule has 12 heavy (non-hydrogen) atoms. The summed E-state index contributed by atoms with van der Waals surface area (Å²) in [6, 6.07) is 3.77. The topological polar surface area (TPSA) is 17.3 Å². The SMILES string of the molecule is Cc1nc2c(Cl)cccn2c1C. The number of aromatic nitrogens is 2. The molecule has 0 saturated heterocycles. The Balaban J connectivity index is 2.95. The molecule has 0 bridgehead atoms. The number of hydrogen-bond donors (Lipinski definition) is 0. The third-order valence-corrected chi connectivity index (χ3v) is 2.37. The Hall–Kier alpha value is -1.02. The number of aryl methyl sites for hydroxylation is 2. The lowest BCUT2D eigenvalue weighted by atomic mass is 10.4. The van der Waals surface area contributed by atoms with Crippen LogP contribution < -0.4 is 0 Å². The Morgan fingerprint density at radius 1 is 1.42 bits per heavy atom. The fraction of sp³-hybridized carbons (Fsp3) is 0.222. The maximum atomic E-state index is 5.96. The van der Waals surface area contributed by atoms with Crippen molar-refractivity contribution in [2.45, 2.75) is 13.8 Å². The molecule has 2 aromatic heterocycles. The molecule has 0 fully saturated rings. The van der Waals surface area contributed by atoms with Crippen LogP contribution in [0.3, 0.4) is 0 Å². The van der Waals surface area contributed by atoms with Crippen LogP contribution in [-0.4, -0.2) is 9.38 Å². The van der Waals surface area contributed by atoms with Crippen LogP contribution in [0.15, 0.2) is 18.3 Å². The van der Waals surface area contributed by atoms with Crippen molar-refractivity contribution in [3.05, 3.63) is 34.7 Å². The minimum absolute atomic E-state index is 0.703. The van der Waals surface area contributed by atoms with E-state index < -0.39 is 0 Å². The first-order chi connectivity index (χ1) is 5.70. The molecule has 2 aromatic rings. The van der Waals surface area contributed by atoms with E-state index in [0.29, 0.717) is 5.02 Å². The Morgan fingerprint density at radius 2 is 2.17 bits per heavy atom. The molecule has 0 spiro atoms. The predicted octanol–water partition coefficient (Wildman–Crippen LogP) is 2.60. The smallest absolute Gasteiger partial charge is 0.156 e. The number of nitrogens with zero attached hydrogens (tertiary/aromatic N) is 2. The van der Waals surface area contributed by atoms with E-state index >= 15 is 0 Å². The molecular formula is C9H9ClN2. The van der Waals surface area contributed by atoms with Gasteiger partial charge in [0.2, 0.25) is 0 Å². The zero-order valence-corrected chi connectivity index (χ0v) is 7.76. The van der Waals surface area contributed by atoms with Gasteiger partial charge in [-0.25, -0.2) is 4.98 Å². The van der Waals surface area contributed by atoms with E-state index in [1.807, 2.05) is 36.6 Å². The summed E-state index contributed by atoms with van der Waals surface area (Å²) in [5, 5.41) is 0.703. The van der Waals surface area contributed by atoms with Gasteiger partial charge in [0.1, 0.15) is 0 Å². The van der Waals surface area contributed by atoms with Gasteiger partial charge in [0, 0.05) is 11.9 Å². The fourth-order valence-electron chi connectivity index (χ4n) is 1.27. The summed E-state index contributed by atoms with van der Waals surface area (Å²) >= 11 is 5.96. The van der Waals surface area contributed by atoms with E-state index in [9.17, 15) is 0 Å². The average molecular weight is 181 g/mol. The first-order valence-electron chi connectivity index (χ1n) is 3.80. The van der Waals surface area contributed by atoms with Gasteiger partial charge < -0.3 is 4.40 Å². The lowest BCUT2D eigenvalue weighted by Crippen LogP contribution is -1.86. The Morgan fingerprint density at radius 3 is 2.83 bits per heavy atom. The van der Waals surface area contributed by atoms with E-state index in [2.05, 4.69) is 4.98 Å². The minimum Gasteiger partial charge on any atom is -0.303 e. The molecule has 0 amide bonds. The van der Waals surface area contributed by atoms with Crippen molar-refractivity contribution in [1.29, 1.82) is 0 Å². The van der Waals surface area contributed by atoms with Crippen molar-refractivity contribution >= 4 is 17.2 Å². The standard InChI is InChI=1S/C9H9ClN2/c1-6-7(2)12-5-3-4-8(10)9(12)11-6/h3-5H,1-2H3. The summed E-state index contributed by atoms with van der Waals surface area (Å²) in [7, 11) is 0. The molecule has 0 radical (unpaired) electrons. The van der Waals surface area contributed by atoms with Gasteiger partial charge in [-0.2, -0.15) is 0 Å². The van der Waals surface area contributed by atoms with Crippen LogP contribution in [-0.2, 0) is 0 Å². The normalized spacial score (nSPS) is 10.9. The molecule has 2 nitrogen and oxygen atoms in total. The summed E-state index contributed by atoms with van der Waals surface area (Å²) in [5.74, 6) is 0. The highest BCUT2D eigenvalue weighted by Gasteiger charge is 2.05. The Kier molecular flexibility index (Phi) is 1.58. The second-order valence-electron chi connectivity index (χ2n) is 2.83. The van der Waals surface area contributed by atoms with Crippen LogP contribution in [0.25, 0.3) is 5.65 Å². The zero-order valence-electron chi connectivity index (χ0n) is 7.00. The highest BCUT2D eigenvalue weighted by molar-refractivity contribution is 6.33. The summed E-state index contributed by atoms with van der Waals surface area (Å²) in [6.07, 6.45) is 1.97. The van der Waals surface area contributed by atoms with Crippen molar-refractivity contribution in [2.75, 3.05) is 0 Å². The van der Waals surface area contributed by atoms with Crippen LogP contribution in [0.1, 0.15) is 11.4 Å². The molecule has 3 heteroatoms. The van der Waals surface area contributed by atoms with Crippen molar-refractivity contribution in [2.24, 2.45) is 0 Å². The second-order valence-corrected chi connectivity index (χ2v) is 3.24. The van der Waals surface area contributed by atoms with Gasteiger partial charge in [-0.1, -0.05) is 11.6 Å². The van der Waals surface area contributed by atoms with Gasteiger partial charge in [0.15, 0.2) is 5.65 Å². The maximum Gasteiger partial charge on any atom is 0.156 e. The maximum absolute atomic E-state index is 5.96. The van der Waals surface area contributed by atoms with E-state index in [1.54, 1.807) is 0 Å². The van der Waals surface area contributed by atoms with Gasteiger partial charge >= 0.3 is 0 Å². The lowest BCUT2D eigenvalue weighted by Gasteiger charge is -1.95. The number of pyridine rings is 1. The summed E-state index contributed by atoms with van der Waals surface area (Å²) < 4.78 is 2.00. The number of hydrogen-bond acceptors (Lipinski definition) is 1. The van der Waals surface area contributed by atoms with Gasteiger partial charge in [-0.15, -0.1) is 0 Å². The van der Waals surface area contributed by atoms with E-state index in [1.165, 1.54) is 0 Å². The third-order valence-electron chi connectivity index (χ3n) is 2.08. The molecule has 0 saturated carbocycles. The molecule has 0 atom stereocenters. The summed E-state index contributed by atoms with van der Waals surface area (Å²) in [4.78, 5) is 4.34. The van der Waals surface area contributed by atoms with Gasteiger partial charge in [0.05, 0.1) is 10.7 Å². The minimum atomic E-state index is 0.703. The van der Waals surface area contributed by atoms with Crippen LogP contribution in [0.2, 0.25) is 5.02 Å². The molecule has 0 aliphatic carbocycles. The van der Waals surface area contributed by atoms with E-state index in [-0.39, 0.29) is 0 Å². The Bertz CT molecular complexity index is 431. The second kappa shape index (κ2) is 2.49. The molecule has 2 rings (SSSR count). The first kappa shape index (κ1) is 7.62. The largest absolute Gasteiger partial charge is 0.303 e. The molecule has 62 valence electrons. The highest BCUT2D eigenvalue weighted by atomic mass is 35.5. The number of rotatable bonds is 0. The van der Waals surface area contributed by atoms with Crippen LogP contribution in [0.4, 0.5) is 0 Å². The summed E-state index contributed by atoms with van der Waals surface area (Å²) in [6.45, 7) is 4.02. The first-order valence-corrected chi connectivity index (χ1v) is 4.17. The van der Waals surface area contributed by atoms with Crippen molar-refractivity contribution in [3.63, 3.8) is 0 Å². The van der Waals surface area contributed by atoms with Gasteiger partial charge in [0.25, 0.3) is 0 Å². The van der Waals surface area contributed by atoms with Gasteiger partial charge in [-0.05, 0) is 26.0 Å². The zero-order chi connectivity index (χ0) is 8.72. The van der Waals surface area contributed by atoms with Crippen molar-refractivity contribution in [1.82, 2.24) is 9.38 Å². The number of imidazole rings is 1. The predicted molar refractivity (Wildman–Crippen MR) is 49.7 cm³/mol. The van der Waals surface area contributed by atoms with Gasteiger partial charge in [-0.3, -0.25) is 0 Å². The number of fused-ring (bicyclic) bond motifs is 1. The fourth-order valence-corrected chi connectivity index (χ4v) is 1.47. The van der Waals surface area contributed by atoms with Crippen molar-refractivity contribution in [3.8, 4) is 0 Å². The van der Waals surface area contributed by atoms with E-state index in [4.69, 9.17) is 11.6 Å². The third kappa shape index (κ3) is 0.916. The van der Waals surface area contributed by atoms with Crippen LogP contribution in [0.5, 0.6) is 0 Å². The highest BCUT2D eigenvalue weighted by Crippen LogP contribution is 2.18. The quantitative estimate of drug-likeness (QED) is 0.609. The summed E-state index contributed by atoms with van der Waals surface area (Å²) in [5.41, 5.74) is 3.02. The molecule has 0 N–H and O–H groups in total. The lowest BCUT2D eigenvalue weighted by molar-refractivity contribution is 1.09. The van der Waals surface area contributed by atoms with E-state index in [0.717, 1.165) is 17.0 Å². The Labute approximate surface area is 75.8 Å². The van der Waals surface area contributed by atoms with Crippen molar-refractivity contribution < 1.29 is 0 Å². The molecule has 0 aliphatic rings. The molecule has 0 aromatic carbocycles. The molecular weight excluding hydrogens is 172 g/mol. The average Bonchev–Trinajstić information content (AvgIpc) is 2.32. The monoisotopic (exact) mass is 180 g/mol. The molecule has 0 unspecified atom stereocenters.